The van der Waals surface area contributed by atoms with E-state index in [4.69, 9.17) is 4.74 Å². The van der Waals surface area contributed by atoms with Gasteiger partial charge in [-0.1, -0.05) is 60.3 Å². The molecule has 6 nitrogen and oxygen atoms in total. The number of hydrogen-bond donors (Lipinski definition) is 1. The topological polar surface area (TPSA) is 81.2 Å². The van der Waals surface area contributed by atoms with E-state index in [0.717, 1.165) is 21.5 Å². The van der Waals surface area contributed by atoms with Crippen LogP contribution in [0.4, 0.5) is 0 Å². The molecule has 0 spiro atoms. The molecule has 7 heteroatoms. The molecule has 0 aliphatic heterocycles. The van der Waals surface area contributed by atoms with Crippen LogP contribution in [0.2, 0.25) is 0 Å². The van der Waals surface area contributed by atoms with E-state index in [0.29, 0.717) is 6.42 Å². The summed E-state index contributed by atoms with van der Waals surface area (Å²) >= 11 is 1.31. The van der Waals surface area contributed by atoms with Gasteiger partial charge in [-0.2, -0.15) is 0 Å². The molecule has 0 aliphatic rings. The summed E-state index contributed by atoms with van der Waals surface area (Å²) < 4.78 is 4.82. The van der Waals surface area contributed by atoms with Crippen molar-refractivity contribution < 1.29 is 14.3 Å². The van der Waals surface area contributed by atoms with E-state index in [9.17, 15) is 9.59 Å². The smallest absolute Gasteiger partial charge is 0.328 e. The Hall–Kier alpha value is -2.93. The summed E-state index contributed by atoms with van der Waals surface area (Å²) in [5, 5.41) is 4.38. The lowest BCUT2D eigenvalue weighted by Crippen LogP contribution is -2.43. The first-order valence-corrected chi connectivity index (χ1v) is 9.39. The Morgan fingerprint density at radius 1 is 1.07 bits per heavy atom. The molecule has 0 aliphatic carbocycles. The summed E-state index contributed by atoms with van der Waals surface area (Å²) in [6.07, 6.45) is 1.86. The van der Waals surface area contributed by atoms with Gasteiger partial charge in [0.1, 0.15) is 17.4 Å². The normalized spacial score (nSPS) is 11.7. The van der Waals surface area contributed by atoms with Crippen LogP contribution in [0, 0.1) is 0 Å². The van der Waals surface area contributed by atoms with Gasteiger partial charge in [-0.3, -0.25) is 4.79 Å². The maximum atomic E-state index is 12.4. The molecule has 0 fully saturated rings. The lowest BCUT2D eigenvalue weighted by Gasteiger charge is -2.16. The molecular formula is C20H19N3O3S. The highest BCUT2D eigenvalue weighted by molar-refractivity contribution is 8.00. The number of esters is 1. The largest absolute Gasteiger partial charge is 0.467 e. The first-order chi connectivity index (χ1) is 13.2. The maximum absolute atomic E-state index is 12.4. The van der Waals surface area contributed by atoms with Crippen molar-refractivity contribution in [3.63, 3.8) is 0 Å². The van der Waals surface area contributed by atoms with Gasteiger partial charge in [-0.25, -0.2) is 14.8 Å². The van der Waals surface area contributed by atoms with Gasteiger partial charge in [0, 0.05) is 11.8 Å². The van der Waals surface area contributed by atoms with Crippen molar-refractivity contribution in [2.75, 3.05) is 12.9 Å². The van der Waals surface area contributed by atoms with E-state index in [2.05, 4.69) is 15.3 Å². The average molecular weight is 381 g/mol. The highest BCUT2D eigenvalue weighted by atomic mass is 32.2. The fourth-order valence-electron chi connectivity index (χ4n) is 2.65. The standard InChI is InChI=1S/C20H19N3O3S/c1-26-20(25)17(11-14-7-3-2-4-8-14)23-18(24)12-27-19-15-9-5-6-10-16(15)21-13-22-19/h2-10,13,17H,11-12H2,1H3,(H,23,24)/t17-/m0/s1. The summed E-state index contributed by atoms with van der Waals surface area (Å²) in [5.74, 6) is -0.581. The number of para-hydroxylation sites is 1. The van der Waals surface area contributed by atoms with Gasteiger partial charge in [0.05, 0.1) is 18.4 Å². The number of nitrogens with one attached hydrogen (secondary N) is 1. The van der Waals surface area contributed by atoms with Crippen LogP contribution >= 0.6 is 11.8 Å². The van der Waals surface area contributed by atoms with Crippen molar-refractivity contribution in [1.82, 2.24) is 15.3 Å². The van der Waals surface area contributed by atoms with Crippen LogP contribution in [0.1, 0.15) is 5.56 Å². The molecule has 1 heterocycles. The summed E-state index contributed by atoms with van der Waals surface area (Å²) in [7, 11) is 1.31. The molecule has 27 heavy (non-hydrogen) atoms. The Balaban J connectivity index is 1.64. The number of amides is 1. The SMILES string of the molecule is COC(=O)[C@H](Cc1ccccc1)NC(=O)CSc1ncnc2ccccc12. The number of rotatable bonds is 7. The van der Waals surface area contributed by atoms with E-state index in [1.807, 2.05) is 54.6 Å². The van der Waals surface area contributed by atoms with Gasteiger partial charge in [0.15, 0.2) is 0 Å². The molecule has 0 saturated carbocycles. The zero-order valence-electron chi connectivity index (χ0n) is 14.8. The first-order valence-electron chi connectivity index (χ1n) is 8.41. The van der Waals surface area contributed by atoms with Crippen molar-refractivity contribution in [3.8, 4) is 0 Å². The monoisotopic (exact) mass is 381 g/mol. The minimum absolute atomic E-state index is 0.142. The minimum atomic E-state index is -0.729. The number of ether oxygens (including phenoxy) is 1. The first kappa shape index (κ1) is 18.8. The number of thioether (sulfide) groups is 1. The number of fused-ring (bicyclic) bond motifs is 1. The van der Waals surface area contributed by atoms with Crippen molar-refractivity contribution in [2.45, 2.75) is 17.5 Å². The quantitative estimate of drug-likeness (QED) is 0.385. The predicted octanol–water partition coefficient (Wildman–Crippen LogP) is 2.62. The molecule has 0 radical (unpaired) electrons. The number of carbonyl (C=O) groups excluding carboxylic acids is 2. The second-order valence-electron chi connectivity index (χ2n) is 5.82. The Labute approximate surface area is 161 Å². The highest BCUT2D eigenvalue weighted by Gasteiger charge is 2.22. The lowest BCUT2D eigenvalue weighted by atomic mass is 10.1. The molecule has 0 saturated heterocycles. The number of nitrogens with zero attached hydrogens (tertiary/aromatic N) is 2. The summed E-state index contributed by atoms with van der Waals surface area (Å²) in [6, 6.07) is 16.4. The van der Waals surface area contributed by atoms with Gasteiger partial charge in [0.25, 0.3) is 0 Å². The van der Waals surface area contributed by atoms with Crippen molar-refractivity contribution in [3.05, 3.63) is 66.5 Å². The number of benzene rings is 2. The van der Waals surface area contributed by atoms with E-state index in [-0.39, 0.29) is 11.7 Å². The number of aromatic nitrogens is 2. The van der Waals surface area contributed by atoms with Gasteiger partial charge in [0.2, 0.25) is 5.91 Å². The van der Waals surface area contributed by atoms with Crippen LogP contribution in [-0.4, -0.2) is 40.7 Å². The zero-order valence-corrected chi connectivity index (χ0v) is 15.6. The second-order valence-corrected chi connectivity index (χ2v) is 6.78. The van der Waals surface area contributed by atoms with Gasteiger partial charge < -0.3 is 10.1 Å². The third kappa shape index (κ3) is 5.04. The fourth-order valence-corrected chi connectivity index (χ4v) is 3.45. The van der Waals surface area contributed by atoms with Crippen molar-refractivity contribution in [1.29, 1.82) is 0 Å². The fraction of sp³-hybridized carbons (Fsp3) is 0.200. The second kappa shape index (κ2) is 9.14. The molecule has 3 rings (SSSR count). The molecule has 0 bridgehead atoms. The predicted molar refractivity (Wildman–Crippen MR) is 104 cm³/mol. The van der Waals surface area contributed by atoms with Crippen molar-refractivity contribution >= 4 is 34.5 Å². The molecular weight excluding hydrogens is 362 g/mol. The number of hydrogen-bond acceptors (Lipinski definition) is 6. The van der Waals surface area contributed by atoms with Crippen LogP contribution in [0.25, 0.3) is 10.9 Å². The highest BCUT2D eigenvalue weighted by Crippen LogP contribution is 2.23. The van der Waals surface area contributed by atoms with E-state index in [1.165, 1.54) is 25.2 Å². The Kier molecular flexibility index (Phi) is 6.38. The third-order valence-electron chi connectivity index (χ3n) is 3.95. The summed E-state index contributed by atoms with van der Waals surface area (Å²) in [5.41, 5.74) is 1.77. The third-order valence-corrected chi connectivity index (χ3v) is 4.96. The molecule has 1 aromatic heterocycles. The van der Waals surface area contributed by atoms with E-state index >= 15 is 0 Å². The van der Waals surface area contributed by atoms with Gasteiger partial charge in [-0.15, -0.1) is 0 Å². The molecule has 1 N–H and O–H groups in total. The minimum Gasteiger partial charge on any atom is -0.467 e. The zero-order chi connectivity index (χ0) is 19.1. The number of methoxy groups -OCH3 is 1. The molecule has 1 atom stereocenters. The Morgan fingerprint density at radius 2 is 1.81 bits per heavy atom. The van der Waals surface area contributed by atoms with Gasteiger partial charge >= 0.3 is 5.97 Å². The van der Waals surface area contributed by atoms with Crippen LogP contribution in [-0.2, 0) is 20.7 Å². The maximum Gasteiger partial charge on any atom is 0.328 e. The van der Waals surface area contributed by atoms with Crippen LogP contribution < -0.4 is 5.32 Å². The Bertz CT molecular complexity index is 929. The van der Waals surface area contributed by atoms with Crippen molar-refractivity contribution in [2.24, 2.45) is 0 Å². The molecule has 3 aromatic rings. The van der Waals surface area contributed by atoms with Crippen LogP contribution in [0.15, 0.2) is 66.0 Å². The Morgan fingerprint density at radius 3 is 2.59 bits per heavy atom. The molecule has 2 aromatic carbocycles. The van der Waals surface area contributed by atoms with E-state index in [1.54, 1.807) is 0 Å². The van der Waals surface area contributed by atoms with E-state index < -0.39 is 12.0 Å². The molecule has 1 amide bonds. The lowest BCUT2D eigenvalue weighted by molar-refractivity contribution is -0.144. The summed E-state index contributed by atoms with van der Waals surface area (Å²) in [4.78, 5) is 32.9. The van der Waals surface area contributed by atoms with Crippen LogP contribution in [0.5, 0.6) is 0 Å². The van der Waals surface area contributed by atoms with Crippen LogP contribution in [0.3, 0.4) is 0 Å². The average Bonchev–Trinajstić information content (AvgIpc) is 2.72. The molecule has 0 unspecified atom stereocenters. The van der Waals surface area contributed by atoms with Gasteiger partial charge in [-0.05, 0) is 11.6 Å². The number of carbonyl (C=O) groups is 2. The summed E-state index contributed by atoms with van der Waals surface area (Å²) in [6.45, 7) is 0. The molecule has 138 valence electrons.